The van der Waals surface area contributed by atoms with E-state index < -0.39 is 0 Å². The molecule has 0 aliphatic heterocycles. The topological polar surface area (TPSA) is 66.9 Å². The van der Waals surface area contributed by atoms with Gasteiger partial charge in [0.15, 0.2) is 0 Å². The molecule has 1 amide bonds. The third-order valence-corrected chi connectivity index (χ3v) is 5.41. The van der Waals surface area contributed by atoms with E-state index in [0.29, 0.717) is 17.2 Å². The summed E-state index contributed by atoms with van der Waals surface area (Å²) in [5.74, 6) is 0.00744. The summed E-state index contributed by atoms with van der Waals surface area (Å²) in [5, 5.41) is 3.84. The number of H-pyrrole nitrogens is 1. The first-order chi connectivity index (χ1) is 13.2. The molecule has 0 aliphatic carbocycles. The van der Waals surface area contributed by atoms with Crippen LogP contribution in [0.2, 0.25) is 0 Å². The lowest BCUT2D eigenvalue weighted by molar-refractivity contribution is 0.0952. The van der Waals surface area contributed by atoms with Gasteiger partial charge in [0.2, 0.25) is 0 Å². The fourth-order valence-electron chi connectivity index (χ4n) is 3.57. The van der Waals surface area contributed by atoms with Crippen molar-refractivity contribution in [3.8, 4) is 0 Å². The highest BCUT2D eigenvalue weighted by molar-refractivity contribution is 9.10. The molecule has 0 radical (unpaired) electrons. The molecule has 2 N–H and O–H groups in total. The van der Waals surface area contributed by atoms with E-state index in [1.807, 2.05) is 51.2 Å². The molecule has 0 spiro atoms. The van der Waals surface area contributed by atoms with Gasteiger partial charge in [0.05, 0.1) is 5.52 Å². The number of rotatable bonds is 5. The summed E-state index contributed by atoms with van der Waals surface area (Å²) < 4.78 is 2.99. The highest BCUT2D eigenvalue weighted by Gasteiger charge is 2.17. The van der Waals surface area contributed by atoms with Gasteiger partial charge in [-0.15, -0.1) is 0 Å². The van der Waals surface area contributed by atoms with Crippen molar-refractivity contribution in [3.05, 3.63) is 67.7 Å². The second-order valence-corrected chi connectivity index (χ2v) is 8.67. The van der Waals surface area contributed by atoms with Gasteiger partial charge in [0.25, 0.3) is 11.5 Å². The number of halogens is 1. The second-order valence-electron chi connectivity index (χ2n) is 7.76. The van der Waals surface area contributed by atoms with Crippen LogP contribution in [0.25, 0.3) is 10.9 Å². The molecule has 0 fully saturated rings. The molecule has 148 valence electrons. The minimum Gasteiger partial charge on any atom is -0.348 e. The lowest BCUT2D eigenvalue weighted by atomic mass is 9.98. The number of hydrogen-bond acceptors (Lipinski definition) is 2. The Kier molecular flexibility index (Phi) is 5.79. The zero-order valence-electron chi connectivity index (χ0n) is 16.9. The number of nitrogens with one attached hydrogen (secondary N) is 2. The number of benzene rings is 1. The number of aromatic amines is 1. The van der Waals surface area contributed by atoms with Gasteiger partial charge in [0.1, 0.15) is 0 Å². The van der Waals surface area contributed by atoms with Crippen LogP contribution in [0.1, 0.15) is 66.8 Å². The Labute approximate surface area is 173 Å². The second kappa shape index (κ2) is 7.95. The molecule has 1 aromatic carbocycles. The van der Waals surface area contributed by atoms with Gasteiger partial charge in [0, 0.05) is 45.5 Å². The number of carbonyl (C=O) groups is 1. The van der Waals surface area contributed by atoms with Crippen LogP contribution in [0.5, 0.6) is 0 Å². The summed E-state index contributed by atoms with van der Waals surface area (Å²) in [4.78, 5) is 28.2. The Balaban J connectivity index is 1.94. The molecule has 0 atom stereocenters. The van der Waals surface area contributed by atoms with E-state index in [1.165, 1.54) is 0 Å². The monoisotopic (exact) mass is 443 g/mol. The van der Waals surface area contributed by atoms with Gasteiger partial charge in [-0.05, 0) is 56.5 Å². The number of fused-ring (bicyclic) bond motifs is 1. The van der Waals surface area contributed by atoms with E-state index in [4.69, 9.17) is 0 Å². The average Bonchev–Trinajstić information content (AvgIpc) is 3.03. The molecule has 5 nitrogen and oxygen atoms in total. The average molecular weight is 444 g/mol. The number of hydrogen-bond donors (Lipinski definition) is 2. The minimum atomic E-state index is -0.192. The SMILES string of the molecule is Cc1cc(C(C)C)c(CNC(=O)c2cc(Br)cc3c2ccn3C(C)C)c(=O)[nH]1. The van der Waals surface area contributed by atoms with Crippen LogP contribution >= 0.6 is 15.9 Å². The van der Waals surface area contributed by atoms with Gasteiger partial charge in [-0.2, -0.15) is 0 Å². The van der Waals surface area contributed by atoms with E-state index in [0.717, 1.165) is 26.6 Å². The van der Waals surface area contributed by atoms with Crippen molar-refractivity contribution in [1.29, 1.82) is 0 Å². The highest BCUT2D eigenvalue weighted by Crippen LogP contribution is 2.28. The largest absolute Gasteiger partial charge is 0.348 e. The first kappa shape index (κ1) is 20.4. The fraction of sp³-hybridized carbons (Fsp3) is 0.364. The van der Waals surface area contributed by atoms with Crippen LogP contribution in [-0.4, -0.2) is 15.5 Å². The molecule has 2 heterocycles. The van der Waals surface area contributed by atoms with E-state index >= 15 is 0 Å². The summed E-state index contributed by atoms with van der Waals surface area (Å²) >= 11 is 3.52. The van der Waals surface area contributed by atoms with Gasteiger partial charge < -0.3 is 14.9 Å². The van der Waals surface area contributed by atoms with Crippen LogP contribution in [0.4, 0.5) is 0 Å². The van der Waals surface area contributed by atoms with Gasteiger partial charge in [-0.3, -0.25) is 9.59 Å². The predicted molar refractivity (Wildman–Crippen MR) is 117 cm³/mol. The molecular weight excluding hydrogens is 418 g/mol. The molecular formula is C22H26BrN3O2. The Morgan fingerprint density at radius 1 is 1.21 bits per heavy atom. The number of nitrogens with zero attached hydrogens (tertiary/aromatic N) is 1. The van der Waals surface area contributed by atoms with Crippen LogP contribution in [-0.2, 0) is 6.54 Å². The van der Waals surface area contributed by atoms with Crippen molar-refractivity contribution in [1.82, 2.24) is 14.9 Å². The van der Waals surface area contributed by atoms with Crippen LogP contribution in [0, 0.1) is 6.92 Å². The summed E-state index contributed by atoms with van der Waals surface area (Å²) in [6.45, 7) is 10.4. The lowest BCUT2D eigenvalue weighted by Crippen LogP contribution is -2.28. The highest BCUT2D eigenvalue weighted by atomic mass is 79.9. The third-order valence-electron chi connectivity index (χ3n) is 4.96. The molecule has 0 saturated carbocycles. The Hall–Kier alpha value is -2.34. The first-order valence-electron chi connectivity index (χ1n) is 9.50. The Bertz CT molecular complexity index is 1090. The van der Waals surface area contributed by atoms with Gasteiger partial charge >= 0.3 is 0 Å². The van der Waals surface area contributed by atoms with Gasteiger partial charge in [-0.25, -0.2) is 0 Å². The standard InChI is InChI=1S/C22H26BrN3O2/c1-12(2)17-8-14(5)25-22(28)19(17)11-24-21(27)18-9-15(23)10-20-16(18)6-7-26(20)13(3)4/h6-10,12-13H,11H2,1-5H3,(H,24,27)(H,25,28). The molecule has 6 heteroatoms. The molecule has 28 heavy (non-hydrogen) atoms. The van der Waals surface area contributed by atoms with Crippen molar-refractivity contribution in [2.45, 2.75) is 53.1 Å². The summed E-state index contributed by atoms with van der Waals surface area (Å²) in [6, 6.07) is 8.09. The predicted octanol–water partition coefficient (Wildman–Crippen LogP) is 5.03. The van der Waals surface area contributed by atoms with Crippen molar-refractivity contribution < 1.29 is 4.79 Å². The molecule has 3 rings (SSSR count). The molecule has 0 bridgehead atoms. The van der Waals surface area contributed by atoms with E-state index in [2.05, 4.69) is 44.6 Å². The maximum absolute atomic E-state index is 13.0. The number of amides is 1. The Morgan fingerprint density at radius 2 is 1.93 bits per heavy atom. The summed E-state index contributed by atoms with van der Waals surface area (Å²) in [7, 11) is 0. The molecule has 0 saturated heterocycles. The van der Waals surface area contributed by atoms with Crippen LogP contribution in [0.3, 0.4) is 0 Å². The molecule has 0 aliphatic rings. The minimum absolute atomic E-state index is 0.144. The summed E-state index contributed by atoms with van der Waals surface area (Å²) in [5.41, 5.74) is 3.86. The van der Waals surface area contributed by atoms with Crippen LogP contribution < -0.4 is 10.9 Å². The van der Waals surface area contributed by atoms with Crippen molar-refractivity contribution in [2.24, 2.45) is 0 Å². The first-order valence-corrected chi connectivity index (χ1v) is 10.3. The van der Waals surface area contributed by atoms with Gasteiger partial charge in [-0.1, -0.05) is 29.8 Å². The quantitative estimate of drug-likeness (QED) is 0.580. The van der Waals surface area contributed by atoms with Crippen molar-refractivity contribution >= 4 is 32.7 Å². The van der Waals surface area contributed by atoms with Crippen molar-refractivity contribution in [3.63, 3.8) is 0 Å². The Morgan fingerprint density at radius 3 is 2.57 bits per heavy atom. The number of aryl methyl sites for hydroxylation is 1. The van der Waals surface area contributed by atoms with Crippen molar-refractivity contribution in [2.75, 3.05) is 0 Å². The number of aromatic nitrogens is 2. The zero-order chi connectivity index (χ0) is 20.6. The molecule has 2 aromatic heterocycles. The molecule has 0 unspecified atom stereocenters. The lowest BCUT2D eigenvalue weighted by Gasteiger charge is -2.14. The molecule has 3 aromatic rings. The van der Waals surface area contributed by atoms with E-state index in [9.17, 15) is 9.59 Å². The maximum atomic E-state index is 13.0. The number of carbonyl (C=O) groups excluding carboxylic acids is 1. The van der Waals surface area contributed by atoms with E-state index in [1.54, 1.807) is 0 Å². The van der Waals surface area contributed by atoms with Crippen LogP contribution in [0.15, 0.2) is 39.7 Å². The third kappa shape index (κ3) is 3.92. The van der Waals surface area contributed by atoms with E-state index in [-0.39, 0.29) is 23.9 Å². The smallest absolute Gasteiger partial charge is 0.253 e. The number of pyridine rings is 1. The fourth-order valence-corrected chi connectivity index (χ4v) is 4.01. The normalized spacial score (nSPS) is 11.6. The maximum Gasteiger partial charge on any atom is 0.253 e. The zero-order valence-corrected chi connectivity index (χ0v) is 18.5. The summed E-state index contributed by atoms with van der Waals surface area (Å²) in [6.07, 6.45) is 2.00.